The van der Waals surface area contributed by atoms with Crippen molar-refractivity contribution in [1.82, 2.24) is 25.5 Å². The molecule has 0 atom stereocenters. The number of carbonyl (C=O) groups excluding carboxylic acids is 1. The fourth-order valence-corrected chi connectivity index (χ4v) is 4.91. The predicted molar refractivity (Wildman–Crippen MR) is 168 cm³/mol. The summed E-state index contributed by atoms with van der Waals surface area (Å²) in [5, 5.41) is 7.41. The second-order valence-electron chi connectivity index (χ2n) is 9.99. The van der Waals surface area contributed by atoms with Crippen molar-refractivity contribution >= 4 is 29.6 Å². The number of piperidine rings is 1. The Morgan fingerprint density at radius 2 is 1.76 bits per heavy atom. The van der Waals surface area contributed by atoms with E-state index in [2.05, 4.69) is 48.3 Å². The van der Waals surface area contributed by atoms with E-state index in [1.54, 1.807) is 35.2 Å². The molecule has 220 valence electrons. The Hall–Kier alpha value is -3.24. The van der Waals surface area contributed by atoms with Crippen molar-refractivity contribution in [2.45, 2.75) is 58.4 Å². The van der Waals surface area contributed by atoms with Crippen LogP contribution in [0.4, 0.5) is 4.39 Å². The molecule has 1 aromatic heterocycles. The van der Waals surface area contributed by atoms with Crippen LogP contribution in [0.2, 0.25) is 0 Å². The normalized spacial score (nSPS) is 14.3. The molecule has 1 saturated heterocycles. The van der Waals surface area contributed by atoms with Gasteiger partial charge in [-0.15, -0.1) is 0 Å². The Balaban J connectivity index is 0.00000147. The van der Waals surface area contributed by atoms with E-state index in [0.29, 0.717) is 35.1 Å². The van der Waals surface area contributed by atoms with Crippen molar-refractivity contribution in [3.05, 3.63) is 95.6 Å². The maximum absolute atomic E-state index is 13.3. The van der Waals surface area contributed by atoms with E-state index in [1.807, 2.05) is 31.2 Å². The maximum Gasteiger partial charge on any atom is 0.251 e. The number of carbonyl (C=O) groups is 1. The number of likely N-dealkylation sites (tertiary alicyclic amines) is 1. The number of nitrogens with one attached hydrogen (secondary N) is 2. The molecule has 3 aromatic rings. The number of hydrogen-bond acceptors (Lipinski definition) is 6. The van der Waals surface area contributed by atoms with Gasteiger partial charge in [0.05, 0.1) is 17.6 Å². The molecular formula is C32H42FN5O2S. The van der Waals surface area contributed by atoms with Crippen molar-refractivity contribution in [2.24, 2.45) is 0 Å². The first kappa shape index (κ1) is 32.3. The lowest BCUT2D eigenvalue weighted by atomic mass is 10.0. The number of aromatic nitrogens is 2. The molecule has 0 bridgehead atoms. The summed E-state index contributed by atoms with van der Waals surface area (Å²) in [6.45, 7) is 12.5. The smallest absolute Gasteiger partial charge is 0.251 e. The molecule has 0 saturated carbocycles. The van der Waals surface area contributed by atoms with Gasteiger partial charge in [0.15, 0.2) is 0 Å². The number of rotatable bonds is 11. The van der Waals surface area contributed by atoms with E-state index >= 15 is 0 Å². The number of nitrogens with zero attached hydrogens (tertiary/aromatic N) is 3. The third-order valence-electron chi connectivity index (χ3n) is 6.59. The Morgan fingerprint density at radius 3 is 2.37 bits per heavy atom. The van der Waals surface area contributed by atoms with Crippen molar-refractivity contribution in [2.75, 3.05) is 20.1 Å². The zero-order valence-electron chi connectivity index (χ0n) is 24.5. The van der Waals surface area contributed by atoms with Gasteiger partial charge in [-0.05, 0) is 81.4 Å². The summed E-state index contributed by atoms with van der Waals surface area (Å²) in [6, 6.07) is 14.5. The van der Waals surface area contributed by atoms with Gasteiger partial charge < -0.3 is 10.2 Å². The molecule has 0 radical (unpaired) electrons. The van der Waals surface area contributed by atoms with Gasteiger partial charge in [-0.2, -0.15) is 10.6 Å². The van der Waals surface area contributed by atoms with Gasteiger partial charge in [0.1, 0.15) is 5.82 Å². The number of hydrogen-bond donors (Lipinski definition) is 2. The Bertz CT molecular complexity index is 1270. The van der Waals surface area contributed by atoms with E-state index in [0.717, 1.165) is 42.8 Å². The Morgan fingerprint density at radius 1 is 1.12 bits per heavy atom. The van der Waals surface area contributed by atoms with E-state index in [9.17, 15) is 9.18 Å². The molecule has 1 amide bonds. The SMILES string of the molecule is C=Cc1c(/C(=C\C)C(=O)NCc2ccc(CSONC3CCN(C)CC3)cc2)cnn1-c1ccc(F)cc1.CCC. The highest BCUT2D eigenvalue weighted by Gasteiger charge is 2.19. The Kier molecular flexibility index (Phi) is 13.3. The van der Waals surface area contributed by atoms with Gasteiger partial charge in [-0.3, -0.25) is 4.79 Å². The standard InChI is InChI=1S/C29H34FN5O2S.C3H8/c1-4-26(27-19-32-35(28(27)5-2)25-12-10-23(30)11-13-25)29(36)31-18-21-6-8-22(9-7-21)20-38-37-33-24-14-16-34(3)17-15-24;1-3-2/h4-13,19,24,33H,2,14-18,20H2,1,3H3,(H,31,36);3H2,1-2H3/b26-4+;. The van der Waals surface area contributed by atoms with Crippen LogP contribution in [0.25, 0.3) is 17.3 Å². The maximum atomic E-state index is 13.3. The molecule has 2 aromatic carbocycles. The highest BCUT2D eigenvalue weighted by atomic mass is 32.2. The molecule has 41 heavy (non-hydrogen) atoms. The summed E-state index contributed by atoms with van der Waals surface area (Å²) in [7, 11) is 2.14. The lowest BCUT2D eigenvalue weighted by Gasteiger charge is -2.28. The minimum Gasteiger partial charge on any atom is -0.348 e. The van der Waals surface area contributed by atoms with Crippen LogP contribution in [0.15, 0.2) is 67.4 Å². The fraction of sp³-hybridized carbons (Fsp3) is 0.375. The van der Waals surface area contributed by atoms with Crippen LogP contribution < -0.4 is 10.8 Å². The largest absolute Gasteiger partial charge is 0.348 e. The van der Waals surface area contributed by atoms with Crippen LogP contribution in [-0.4, -0.2) is 46.8 Å². The quantitative estimate of drug-likeness (QED) is 0.116. The average molecular weight is 580 g/mol. The summed E-state index contributed by atoms with van der Waals surface area (Å²) < 4.78 is 20.6. The third kappa shape index (κ3) is 9.67. The van der Waals surface area contributed by atoms with Gasteiger partial charge in [0, 0.05) is 41.5 Å². The molecule has 9 heteroatoms. The summed E-state index contributed by atoms with van der Waals surface area (Å²) in [5.41, 5.74) is 7.81. The van der Waals surface area contributed by atoms with Gasteiger partial charge >= 0.3 is 0 Å². The van der Waals surface area contributed by atoms with E-state index in [1.165, 1.54) is 30.6 Å². The average Bonchev–Trinajstić information content (AvgIpc) is 3.40. The molecule has 2 N–H and O–H groups in total. The second-order valence-corrected chi connectivity index (χ2v) is 10.7. The number of amides is 1. The molecular weight excluding hydrogens is 537 g/mol. The third-order valence-corrected chi connectivity index (χ3v) is 7.25. The second kappa shape index (κ2) is 16.9. The topological polar surface area (TPSA) is 71.4 Å². The summed E-state index contributed by atoms with van der Waals surface area (Å²) >= 11 is 1.40. The minimum absolute atomic E-state index is 0.206. The van der Waals surface area contributed by atoms with E-state index in [-0.39, 0.29) is 11.7 Å². The lowest BCUT2D eigenvalue weighted by Crippen LogP contribution is -2.40. The van der Waals surface area contributed by atoms with Crippen LogP contribution in [0.5, 0.6) is 0 Å². The van der Waals surface area contributed by atoms with Crippen LogP contribution in [0.3, 0.4) is 0 Å². The molecule has 4 rings (SSSR count). The lowest BCUT2D eigenvalue weighted by molar-refractivity contribution is -0.115. The molecule has 2 heterocycles. The molecule has 1 aliphatic heterocycles. The van der Waals surface area contributed by atoms with Gasteiger partial charge in [-0.1, -0.05) is 57.2 Å². The summed E-state index contributed by atoms with van der Waals surface area (Å²) in [4.78, 5) is 15.4. The molecule has 1 fully saturated rings. The number of allylic oxidation sites excluding steroid dienone is 1. The minimum atomic E-state index is -0.324. The molecule has 0 spiro atoms. The number of hydroxylamine groups is 1. The van der Waals surface area contributed by atoms with E-state index in [4.69, 9.17) is 4.28 Å². The molecule has 0 aliphatic carbocycles. The van der Waals surface area contributed by atoms with Crippen molar-refractivity contribution in [3.8, 4) is 5.69 Å². The fourth-order valence-electron chi connectivity index (χ4n) is 4.32. The highest BCUT2D eigenvalue weighted by Crippen LogP contribution is 2.24. The van der Waals surface area contributed by atoms with Crippen molar-refractivity contribution in [1.29, 1.82) is 0 Å². The molecule has 0 unspecified atom stereocenters. The van der Waals surface area contributed by atoms with Crippen molar-refractivity contribution < 1.29 is 13.5 Å². The van der Waals surface area contributed by atoms with Gasteiger partial charge in [0.2, 0.25) is 0 Å². The van der Waals surface area contributed by atoms with Gasteiger partial charge in [0.25, 0.3) is 5.91 Å². The number of benzene rings is 2. The highest BCUT2D eigenvalue weighted by molar-refractivity contribution is 7.93. The monoisotopic (exact) mass is 579 g/mol. The predicted octanol–water partition coefficient (Wildman–Crippen LogP) is 6.55. The van der Waals surface area contributed by atoms with Crippen LogP contribution in [0, 0.1) is 5.82 Å². The van der Waals surface area contributed by atoms with E-state index < -0.39 is 0 Å². The van der Waals surface area contributed by atoms with Crippen LogP contribution >= 0.6 is 12.0 Å². The van der Waals surface area contributed by atoms with Crippen LogP contribution in [0.1, 0.15) is 62.4 Å². The first-order chi connectivity index (χ1) is 19.9. The molecule has 1 aliphatic rings. The van der Waals surface area contributed by atoms with Gasteiger partial charge in [-0.25, -0.2) is 13.4 Å². The summed E-state index contributed by atoms with van der Waals surface area (Å²) in [6.07, 6.45) is 8.47. The summed E-state index contributed by atoms with van der Waals surface area (Å²) in [5.74, 6) is 0.203. The van der Waals surface area contributed by atoms with Crippen molar-refractivity contribution in [3.63, 3.8) is 0 Å². The molecule has 7 nitrogen and oxygen atoms in total. The van der Waals surface area contributed by atoms with Crippen LogP contribution in [-0.2, 0) is 21.4 Å². The number of halogens is 1. The Labute approximate surface area is 248 Å². The first-order valence-corrected chi connectivity index (χ1v) is 15.0. The first-order valence-electron chi connectivity index (χ1n) is 14.1. The zero-order valence-corrected chi connectivity index (χ0v) is 25.3. The zero-order chi connectivity index (χ0) is 29.6.